The number of hydrogen-bond donors (Lipinski definition) is 0. The van der Waals surface area contributed by atoms with Gasteiger partial charge in [0.15, 0.2) is 6.29 Å². The quantitative estimate of drug-likeness (QED) is 0.714. The molecule has 0 spiro atoms. The van der Waals surface area contributed by atoms with Crippen LogP contribution in [-0.2, 0) is 16.0 Å². The number of fused-ring (bicyclic) bond motifs is 5. The molecule has 2 saturated carbocycles. The maximum atomic E-state index is 12.6. The second-order valence-electron chi connectivity index (χ2n) is 9.66. The Bertz CT molecular complexity index is 735. The van der Waals surface area contributed by atoms with E-state index in [0.717, 1.165) is 57.3 Å². The largest absolute Gasteiger partial charge is 0.465 e. The SMILES string of the molecule is C[C@H]1Cc2cc(OC3CCCCO3)ccc2[C@H]2CC[C@]3(C)C(=O)CC[C@H]3[C@@H]21. The fourth-order valence-corrected chi connectivity index (χ4v) is 6.76. The normalized spacial score (nSPS) is 40.8. The van der Waals surface area contributed by atoms with Crippen molar-refractivity contribution in [3.63, 3.8) is 0 Å². The minimum Gasteiger partial charge on any atom is -0.465 e. The number of benzene rings is 1. The van der Waals surface area contributed by atoms with Gasteiger partial charge in [0, 0.05) is 18.3 Å². The maximum absolute atomic E-state index is 12.6. The van der Waals surface area contributed by atoms with E-state index < -0.39 is 0 Å². The van der Waals surface area contributed by atoms with Crippen molar-refractivity contribution in [3.8, 4) is 5.75 Å². The second kappa shape index (κ2) is 6.62. The number of hydrogen-bond acceptors (Lipinski definition) is 3. The minimum atomic E-state index is -0.0783. The molecule has 1 heterocycles. The predicted octanol–water partition coefficient (Wildman–Crippen LogP) is 5.26. The van der Waals surface area contributed by atoms with Crippen LogP contribution in [0, 0.1) is 23.2 Å². The molecule has 0 radical (unpaired) electrons. The van der Waals surface area contributed by atoms with Gasteiger partial charge in [-0.05, 0) is 85.5 Å². The lowest BCUT2D eigenvalue weighted by molar-refractivity contribution is -0.129. The summed E-state index contributed by atoms with van der Waals surface area (Å²) in [5.74, 6) is 3.99. The van der Waals surface area contributed by atoms with Crippen molar-refractivity contribution in [2.24, 2.45) is 23.2 Å². The number of carbonyl (C=O) groups is 1. The molecule has 1 aromatic rings. The Hall–Kier alpha value is -1.35. The molecule has 3 heteroatoms. The predicted molar refractivity (Wildman–Crippen MR) is 105 cm³/mol. The van der Waals surface area contributed by atoms with Gasteiger partial charge in [-0.3, -0.25) is 4.79 Å². The Kier molecular flexibility index (Phi) is 4.34. The van der Waals surface area contributed by atoms with E-state index in [0.29, 0.717) is 29.5 Å². The molecular weight excluding hydrogens is 336 g/mol. The molecule has 146 valence electrons. The van der Waals surface area contributed by atoms with Gasteiger partial charge in [0.05, 0.1) is 6.61 Å². The molecule has 3 aliphatic carbocycles. The molecule has 27 heavy (non-hydrogen) atoms. The average molecular weight is 369 g/mol. The van der Waals surface area contributed by atoms with E-state index in [1.165, 1.54) is 17.5 Å². The van der Waals surface area contributed by atoms with Crippen molar-refractivity contribution in [3.05, 3.63) is 29.3 Å². The van der Waals surface area contributed by atoms with Gasteiger partial charge in [-0.15, -0.1) is 0 Å². The van der Waals surface area contributed by atoms with E-state index in [4.69, 9.17) is 9.47 Å². The molecule has 1 unspecified atom stereocenters. The van der Waals surface area contributed by atoms with E-state index >= 15 is 0 Å². The van der Waals surface area contributed by atoms with E-state index in [2.05, 4.69) is 32.0 Å². The number of ether oxygens (including phenoxy) is 2. The highest BCUT2D eigenvalue weighted by atomic mass is 16.7. The topological polar surface area (TPSA) is 35.5 Å². The van der Waals surface area contributed by atoms with E-state index in [1.54, 1.807) is 0 Å². The monoisotopic (exact) mass is 368 g/mol. The molecule has 6 atom stereocenters. The van der Waals surface area contributed by atoms with Crippen molar-refractivity contribution in [1.82, 2.24) is 0 Å². The van der Waals surface area contributed by atoms with Gasteiger partial charge in [-0.1, -0.05) is 19.9 Å². The molecule has 0 amide bonds. The smallest absolute Gasteiger partial charge is 0.199 e. The van der Waals surface area contributed by atoms with E-state index in [-0.39, 0.29) is 11.7 Å². The lowest BCUT2D eigenvalue weighted by Crippen LogP contribution is -2.45. The van der Waals surface area contributed by atoms with Crippen LogP contribution >= 0.6 is 0 Å². The fourth-order valence-electron chi connectivity index (χ4n) is 6.76. The molecule has 3 nitrogen and oxygen atoms in total. The van der Waals surface area contributed by atoms with Gasteiger partial charge < -0.3 is 9.47 Å². The molecule has 3 fully saturated rings. The number of carbonyl (C=O) groups excluding carboxylic acids is 1. The summed E-state index contributed by atoms with van der Waals surface area (Å²) < 4.78 is 11.9. The van der Waals surface area contributed by atoms with Gasteiger partial charge in [0.2, 0.25) is 0 Å². The summed E-state index contributed by atoms with van der Waals surface area (Å²) in [7, 11) is 0. The van der Waals surface area contributed by atoms with Crippen molar-refractivity contribution >= 4 is 5.78 Å². The highest BCUT2D eigenvalue weighted by molar-refractivity contribution is 5.87. The van der Waals surface area contributed by atoms with Crippen LogP contribution < -0.4 is 4.74 Å². The molecule has 5 rings (SSSR count). The average Bonchev–Trinajstić information content (AvgIpc) is 2.97. The van der Waals surface area contributed by atoms with Crippen LogP contribution in [0.15, 0.2) is 18.2 Å². The maximum Gasteiger partial charge on any atom is 0.199 e. The highest BCUT2D eigenvalue weighted by Crippen LogP contribution is 2.60. The zero-order chi connectivity index (χ0) is 18.6. The van der Waals surface area contributed by atoms with Gasteiger partial charge in [-0.25, -0.2) is 0 Å². The summed E-state index contributed by atoms with van der Waals surface area (Å²) in [4.78, 5) is 12.6. The van der Waals surface area contributed by atoms with Gasteiger partial charge in [0.1, 0.15) is 11.5 Å². The third-order valence-electron chi connectivity index (χ3n) is 8.16. The second-order valence-corrected chi connectivity index (χ2v) is 9.66. The zero-order valence-corrected chi connectivity index (χ0v) is 16.7. The van der Waals surface area contributed by atoms with E-state index in [9.17, 15) is 4.79 Å². The van der Waals surface area contributed by atoms with Crippen LogP contribution in [0.1, 0.15) is 75.8 Å². The lowest BCUT2D eigenvalue weighted by atomic mass is 9.53. The van der Waals surface area contributed by atoms with Crippen LogP contribution in [0.2, 0.25) is 0 Å². The molecule has 0 N–H and O–H groups in total. The molecular formula is C24H32O3. The third-order valence-corrected chi connectivity index (χ3v) is 8.16. The summed E-state index contributed by atoms with van der Waals surface area (Å²) in [5, 5.41) is 0. The molecule has 1 aliphatic heterocycles. The summed E-state index contributed by atoms with van der Waals surface area (Å²) >= 11 is 0. The standard InChI is InChI=1S/C24H32O3/c1-15-13-16-14-17(27-22-5-3-4-12-26-22)6-7-18(16)19-10-11-24(2)20(23(15)19)8-9-21(24)25/h6-7,14-15,19-20,22-23H,3-5,8-13H2,1-2H3/t15-,19+,20-,22?,23+,24-/m0/s1. The van der Waals surface area contributed by atoms with Crippen LogP contribution in [0.25, 0.3) is 0 Å². The van der Waals surface area contributed by atoms with Crippen LogP contribution in [-0.4, -0.2) is 18.7 Å². The van der Waals surface area contributed by atoms with Crippen molar-refractivity contribution in [2.45, 2.75) is 77.4 Å². The Morgan fingerprint density at radius 1 is 1.19 bits per heavy atom. The minimum absolute atomic E-state index is 0.0473. The zero-order valence-electron chi connectivity index (χ0n) is 16.7. The van der Waals surface area contributed by atoms with Gasteiger partial charge >= 0.3 is 0 Å². The molecule has 1 aromatic carbocycles. The number of rotatable bonds is 2. The van der Waals surface area contributed by atoms with Crippen LogP contribution in [0.4, 0.5) is 0 Å². The lowest BCUT2D eigenvalue weighted by Gasteiger charge is -2.51. The van der Waals surface area contributed by atoms with Gasteiger partial charge in [-0.2, -0.15) is 0 Å². The van der Waals surface area contributed by atoms with Crippen molar-refractivity contribution in [1.29, 1.82) is 0 Å². The Balaban J connectivity index is 1.41. The number of ketones is 1. The fraction of sp³-hybridized carbons (Fsp3) is 0.708. The summed E-state index contributed by atoms with van der Waals surface area (Å²) in [6, 6.07) is 6.74. The Labute approximate surface area is 162 Å². The first-order valence-corrected chi connectivity index (χ1v) is 11.0. The van der Waals surface area contributed by atoms with E-state index in [1.807, 2.05) is 0 Å². The first-order valence-electron chi connectivity index (χ1n) is 11.0. The Morgan fingerprint density at radius 3 is 2.89 bits per heavy atom. The van der Waals surface area contributed by atoms with Crippen molar-refractivity contribution in [2.75, 3.05) is 6.61 Å². The molecule has 0 bridgehead atoms. The van der Waals surface area contributed by atoms with Crippen LogP contribution in [0.3, 0.4) is 0 Å². The first-order chi connectivity index (χ1) is 13.1. The van der Waals surface area contributed by atoms with Crippen LogP contribution in [0.5, 0.6) is 5.75 Å². The number of Topliss-reactive ketones (excluding diaryl/α,β-unsaturated/α-hetero) is 1. The molecule has 0 aromatic heterocycles. The Morgan fingerprint density at radius 2 is 2.07 bits per heavy atom. The summed E-state index contributed by atoms with van der Waals surface area (Å²) in [6.07, 6.45) is 8.50. The van der Waals surface area contributed by atoms with Crippen molar-refractivity contribution < 1.29 is 14.3 Å². The van der Waals surface area contributed by atoms with Gasteiger partial charge in [0.25, 0.3) is 0 Å². The molecule has 1 saturated heterocycles. The first kappa shape index (κ1) is 17.7. The molecule has 4 aliphatic rings. The summed E-state index contributed by atoms with van der Waals surface area (Å²) in [5.41, 5.74) is 2.94. The highest BCUT2D eigenvalue weighted by Gasteiger charge is 2.56. The summed E-state index contributed by atoms with van der Waals surface area (Å²) in [6.45, 7) is 5.48. The third kappa shape index (κ3) is 2.85.